The molecule has 0 spiro atoms. The molecule has 1 aromatic heterocycles. The van der Waals surface area contributed by atoms with Crippen LogP contribution >= 0.6 is 29.3 Å². The minimum absolute atomic E-state index is 0.497. The summed E-state index contributed by atoms with van der Waals surface area (Å²) < 4.78 is 19.1. The van der Waals surface area contributed by atoms with Gasteiger partial charge < -0.3 is 13.8 Å². The lowest BCUT2D eigenvalue weighted by atomic mass is 10.3. The summed E-state index contributed by atoms with van der Waals surface area (Å²) in [5, 5.41) is 7.15. The molecule has 0 saturated carbocycles. The fourth-order valence-electron chi connectivity index (χ4n) is 2.05. The summed E-state index contributed by atoms with van der Waals surface area (Å²) in [4.78, 5) is 0. The molecule has 6 nitrogen and oxygen atoms in total. The second kappa shape index (κ2) is 9.12. The van der Waals surface area contributed by atoms with E-state index in [0.29, 0.717) is 23.7 Å². The lowest BCUT2D eigenvalue weighted by Gasteiger charge is -2.20. The fourth-order valence-corrected chi connectivity index (χ4v) is 6.63. The molecule has 0 saturated heterocycles. The first-order valence-corrected chi connectivity index (χ1v) is 12.0. The number of ether oxygens (including phenoxy) is 1. The molecule has 1 aromatic carbocycles. The Kier molecular flexibility index (Phi) is 7.46. The Morgan fingerprint density at radius 2 is 1.92 bits per heavy atom. The van der Waals surface area contributed by atoms with Gasteiger partial charge in [-0.1, -0.05) is 23.5 Å². The van der Waals surface area contributed by atoms with E-state index in [9.17, 15) is 0 Å². The Morgan fingerprint density at radius 1 is 1.25 bits per heavy atom. The highest BCUT2D eigenvalue weighted by Crippen LogP contribution is 2.61. The van der Waals surface area contributed by atoms with Gasteiger partial charge in [0.1, 0.15) is 11.6 Å². The van der Waals surface area contributed by atoms with Gasteiger partial charge in [0.15, 0.2) is 4.77 Å². The number of nitrogens with one attached hydrogen (secondary N) is 1. The molecule has 132 valence electrons. The molecule has 2 aromatic rings. The zero-order valence-corrected chi connectivity index (χ0v) is 17.1. The van der Waals surface area contributed by atoms with Crippen LogP contribution in [-0.4, -0.2) is 35.1 Å². The fraction of sp³-hybridized carbons (Fsp3) is 0.429. The van der Waals surface area contributed by atoms with Gasteiger partial charge in [-0.25, -0.2) is 0 Å². The van der Waals surface area contributed by atoms with Crippen molar-refractivity contribution in [3.05, 3.63) is 34.9 Å². The lowest BCUT2D eigenvalue weighted by molar-refractivity contribution is 0.280. The van der Waals surface area contributed by atoms with E-state index in [2.05, 4.69) is 10.2 Å². The van der Waals surface area contributed by atoms with Gasteiger partial charge in [0.2, 0.25) is 5.69 Å². The first kappa shape index (κ1) is 19.6. The van der Waals surface area contributed by atoms with E-state index in [-0.39, 0.29) is 0 Å². The van der Waals surface area contributed by atoms with E-state index in [0.717, 1.165) is 17.3 Å². The topological polar surface area (TPSA) is 61.3 Å². The van der Waals surface area contributed by atoms with Crippen LogP contribution < -0.4 is 4.74 Å². The van der Waals surface area contributed by atoms with Gasteiger partial charge in [0, 0.05) is 0 Å². The van der Waals surface area contributed by atoms with E-state index in [1.807, 2.05) is 42.7 Å². The van der Waals surface area contributed by atoms with Crippen LogP contribution in [0.25, 0.3) is 5.69 Å². The van der Waals surface area contributed by atoms with E-state index in [1.165, 1.54) is 11.4 Å². The number of hydrogen-bond acceptors (Lipinski definition) is 7. The van der Waals surface area contributed by atoms with Crippen molar-refractivity contribution in [2.75, 3.05) is 20.3 Å². The maximum absolute atomic E-state index is 5.66. The molecule has 0 amide bonds. The third kappa shape index (κ3) is 4.68. The van der Waals surface area contributed by atoms with Crippen LogP contribution in [0.4, 0.5) is 0 Å². The second-order valence-electron chi connectivity index (χ2n) is 4.51. The van der Waals surface area contributed by atoms with Gasteiger partial charge in [-0.2, -0.15) is 5.10 Å². The average Bonchev–Trinajstić information content (AvgIpc) is 2.94. The number of nitrogens with zero attached hydrogens (tertiary/aromatic N) is 2. The Labute approximate surface area is 155 Å². The molecular formula is C14H20N3O3PS3. The molecule has 0 aliphatic rings. The number of aromatic nitrogens is 3. The Bertz CT molecular complexity index is 768. The first-order valence-electron chi connectivity index (χ1n) is 7.38. The molecule has 0 aliphatic heterocycles. The maximum atomic E-state index is 5.66. The third-order valence-electron chi connectivity index (χ3n) is 2.99. The normalized spacial score (nSPS) is 11.6. The number of aromatic amines is 1. The standard InChI is InChI=1S/C14H20N3O3PS3/c1-4-19-21(23,20-5-2)24-10-13-15-16-14(22)17(13)11-8-6-7-9-12(11)18-3/h6-9H,4-5,10H2,1-3H3,(H,16,22). The number of hydrogen-bond donors (Lipinski definition) is 1. The molecule has 0 bridgehead atoms. The van der Waals surface area contributed by atoms with Crippen molar-refractivity contribution in [1.82, 2.24) is 14.8 Å². The van der Waals surface area contributed by atoms with Crippen LogP contribution in [0.15, 0.2) is 24.3 Å². The summed E-state index contributed by atoms with van der Waals surface area (Å²) in [6.07, 6.45) is 0. The molecule has 2 rings (SSSR count). The van der Waals surface area contributed by atoms with Gasteiger partial charge in [-0.15, -0.1) is 0 Å². The zero-order valence-electron chi connectivity index (χ0n) is 13.7. The Balaban J connectivity index is 2.31. The molecule has 1 heterocycles. The predicted octanol–water partition coefficient (Wildman–Crippen LogP) is 4.47. The lowest BCUT2D eigenvalue weighted by Crippen LogP contribution is -2.03. The van der Waals surface area contributed by atoms with Crippen molar-refractivity contribution in [2.24, 2.45) is 0 Å². The van der Waals surface area contributed by atoms with Gasteiger partial charge in [0.05, 0.1) is 31.8 Å². The van der Waals surface area contributed by atoms with E-state index in [4.69, 9.17) is 37.8 Å². The number of H-pyrrole nitrogens is 1. The number of rotatable bonds is 9. The average molecular weight is 406 g/mol. The van der Waals surface area contributed by atoms with Crippen LogP contribution in [0.1, 0.15) is 19.7 Å². The summed E-state index contributed by atoms with van der Waals surface area (Å²) in [5.41, 5.74) is -1.56. The predicted molar refractivity (Wildman–Crippen MR) is 104 cm³/mol. The maximum Gasteiger partial charge on any atom is 0.247 e. The number of benzene rings is 1. The van der Waals surface area contributed by atoms with Crippen molar-refractivity contribution in [1.29, 1.82) is 0 Å². The van der Waals surface area contributed by atoms with Crippen LogP contribution in [0, 0.1) is 4.77 Å². The molecule has 1 N–H and O–H groups in total. The Morgan fingerprint density at radius 3 is 2.54 bits per heavy atom. The van der Waals surface area contributed by atoms with Crippen LogP contribution in [0.2, 0.25) is 0 Å². The molecule has 0 unspecified atom stereocenters. The smallest absolute Gasteiger partial charge is 0.247 e. The third-order valence-corrected chi connectivity index (χ3v) is 8.67. The van der Waals surface area contributed by atoms with E-state index >= 15 is 0 Å². The summed E-state index contributed by atoms with van der Waals surface area (Å²) in [6.45, 7) is 4.85. The first-order chi connectivity index (χ1) is 11.5. The van der Waals surface area contributed by atoms with Crippen molar-refractivity contribution in [3.63, 3.8) is 0 Å². The second-order valence-corrected chi connectivity index (χ2v) is 11.2. The number of para-hydroxylation sites is 2. The summed E-state index contributed by atoms with van der Waals surface area (Å²) in [7, 11) is 1.63. The van der Waals surface area contributed by atoms with Crippen molar-refractivity contribution >= 4 is 41.1 Å². The molecule has 24 heavy (non-hydrogen) atoms. The minimum atomic E-state index is -2.39. The van der Waals surface area contributed by atoms with Gasteiger partial charge in [-0.05, 0) is 50.0 Å². The molecule has 0 aliphatic carbocycles. The van der Waals surface area contributed by atoms with Crippen LogP contribution in [0.5, 0.6) is 5.75 Å². The summed E-state index contributed by atoms with van der Waals surface area (Å²) in [6, 6.07) is 7.64. The zero-order chi connectivity index (χ0) is 17.6. The SMILES string of the molecule is CCOP(=S)(OCC)SCc1n[nH]c(=S)n1-c1ccccc1OC. The summed E-state index contributed by atoms with van der Waals surface area (Å²) in [5.74, 6) is 1.97. The molecule has 0 fully saturated rings. The van der Waals surface area contributed by atoms with Gasteiger partial charge in [0.25, 0.3) is 0 Å². The van der Waals surface area contributed by atoms with E-state index < -0.39 is 5.69 Å². The van der Waals surface area contributed by atoms with Crippen LogP contribution in [0.3, 0.4) is 0 Å². The largest absolute Gasteiger partial charge is 0.495 e. The summed E-state index contributed by atoms with van der Waals surface area (Å²) >= 11 is 12.4. The van der Waals surface area contributed by atoms with Crippen molar-refractivity contribution < 1.29 is 13.8 Å². The van der Waals surface area contributed by atoms with Gasteiger partial charge >= 0.3 is 0 Å². The highest BCUT2D eigenvalue weighted by atomic mass is 32.9. The van der Waals surface area contributed by atoms with Gasteiger partial charge in [-0.3, -0.25) is 9.67 Å². The highest BCUT2D eigenvalue weighted by molar-refractivity contribution is 8.67. The monoisotopic (exact) mass is 405 g/mol. The Hall–Kier alpha value is -0.700. The molecular weight excluding hydrogens is 385 g/mol. The quantitative estimate of drug-likeness (QED) is 0.488. The van der Waals surface area contributed by atoms with Crippen LogP contribution in [-0.2, 0) is 26.6 Å². The molecule has 10 heteroatoms. The minimum Gasteiger partial charge on any atom is -0.495 e. The highest BCUT2D eigenvalue weighted by Gasteiger charge is 2.21. The molecule has 0 atom stereocenters. The van der Waals surface area contributed by atoms with E-state index in [1.54, 1.807) is 7.11 Å². The number of methoxy groups -OCH3 is 1. The molecule has 0 radical (unpaired) electrons. The van der Waals surface area contributed by atoms with Crippen molar-refractivity contribution in [2.45, 2.75) is 19.6 Å². The van der Waals surface area contributed by atoms with Crippen molar-refractivity contribution in [3.8, 4) is 11.4 Å².